The molecule has 0 radical (unpaired) electrons. The van der Waals surface area contributed by atoms with Crippen LogP contribution in [-0.4, -0.2) is 40.9 Å². The van der Waals surface area contributed by atoms with Crippen LogP contribution in [0.5, 0.6) is 5.75 Å². The SMILES string of the molecule is COc1ccc2[nH]c3c(c2c1)CCN1C3C(=O)N2CCc3cccc(Br)c3C21. The molecule has 1 fully saturated rings. The summed E-state index contributed by atoms with van der Waals surface area (Å²) in [4.78, 5) is 21.5. The van der Waals surface area contributed by atoms with Gasteiger partial charge in [-0.25, -0.2) is 0 Å². The second kappa shape index (κ2) is 5.84. The molecule has 3 aromatic rings. The molecular weight excluding hydrogens is 418 g/mol. The molecule has 0 aliphatic carbocycles. The molecule has 0 bridgehead atoms. The van der Waals surface area contributed by atoms with Crippen molar-refractivity contribution < 1.29 is 9.53 Å². The molecule has 1 amide bonds. The van der Waals surface area contributed by atoms with Crippen molar-refractivity contribution in [2.45, 2.75) is 25.0 Å². The number of nitrogens with one attached hydrogen (secondary N) is 1. The summed E-state index contributed by atoms with van der Waals surface area (Å²) in [6.45, 7) is 1.65. The van der Waals surface area contributed by atoms with Gasteiger partial charge in [0.05, 0.1) is 7.11 Å². The highest BCUT2D eigenvalue weighted by Gasteiger charge is 2.52. The van der Waals surface area contributed by atoms with E-state index < -0.39 is 0 Å². The quantitative estimate of drug-likeness (QED) is 0.627. The maximum absolute atomic E-state index is 13.5. The lowest BCUT2D eigenvalue weighted by Crippen LogP contribution is -2.39. The van der Waals surface area contributed by atoms with Crippen molar-refractivity contribution in [2.24, 2.45) is 0 Å². The third-order valence-electron chi connectivity index (χ3n) is 6.52. The summed E-state index contributed by atoms with van der Waals surface area (Å²) in [6.07, 6.45) is 1.86. The maximum atomic E-state index is 13.5. The van der Waals surface area contributed by atoms with E-state index in [2.05, 4.69) is 61.0 Å². The lowest BCUT2D eigenvalue weighted by molar-refractivity contribution is -0.130. The fraction of sp³-hybridized carbons (Fsp3) is 0.318. The molecule has 2 aromatic carbocycles. The van der Waals surface area contributed by atoms with Crippen molar-refractivity contribution in [3.63, 3.8) is 0 Å². The number of amides is 1. The molecule has 1 aromatic heterocycles. The summed E-state index contributed by atoms with van der Waals surface area (Å²) in [6, 6.07) is 12.2. The molecule has 1 N–H and O–H groups in total. The lowest BCUT2D eigenvalue weighted by Gasteiger charge is -2.38. The van der Waals surface area contributed by atoms with Gasteiger partial charge in [-0.2, -0.15) is 0 Å². The van der Waals surface area contributed by atoms with Gasteiger partial charge in [-0.1, -0.05) is 28.1 Å². The second-order valence-corrected chi connectivity index (χ2v) is 8.64. The molecule has 3 aliphatic heterocycles. The summed E-state index contributed by atoms with van der Waals surface area (Å²) in [5.41, 5.74) is 5.99. The van der Waals surface area contributed by atoms with Gasteiger partial charge in [0.1, 0.15) is 18.0 Å². The van der Waals surface area contributed by atoms with Crippen molar-refractivity contribution >= 4 is 32.7 Å². The first-order valence-corrected chi connectivity index (χ1v) is 10.5. The van der Waals surface area contributed by atoms with Crippen LogP contribution in [0, 0.1) is 0 Å². The maximum Gasteiger partial charge on any atom is 0.247 e. The molecule has 0 spiro atoms. The van der Waals surface area contributed by atoms with Gasteiger partial charge in [0.2, 0.25) is 5.91 Å². The van der Waals surface area contributed by atoms with Gasteiger partial charge >= 0.3 is 0 Å². The molecule has 2 unspecified atom stereocenters. The molecule has 142 valence electrons. The van der Waals surface area contributed by atoms with Crippen LogP contribution in [0.15, 0.2) is 40.9 Å². The number of benzene rings is 2. The van der Waals surface area contributed by atoms with Gasteiger partial charge < -0.3 is 14.6 Å². The number of rotatable bonds is 1. The average Bonchev–Trinajstić information content (AvgIpc) is 3.23. The number of carbonyl (C=O) groups excluding carboxylic acids is 1. The third-order valence-corrected chi connectivity index (χ3v) is 7.21. The molecule has 3 aliphatic rings. The zero-order valence-corrected chi connectivity index (χ0v) is 17.1. The van der Waals surface area contributed by atoms with Gasteiger partial charge in [0.25, 0.3) is 0 Å². The van der Waals surface area contributed by atoms with E-state index in [4.69, 9.17) is 4.74 Å². The van der Waals surface area contributed by atoms with Crippen molar-refractivity contribution in [2.75, 3.05) is 20.2 Å². The normalized spacial score (nSPS) is 23.4. The number of fused-ring (bicyclic) bond motifs is 9. The number of hydrogen-bond donors (Lipinski definition) is 1. The van der Waals surface area contributed by atoms with Crippen LogP contribution in [0.3, 0.4) is 0 Å². The third kappa shape index (κ3) is 2.07. The van der Waals surface area contributed by atoms with E-state index in [0.717, 1.165) is 47.4 Å². The Morgan fingerprint density at radius 3 is 2.93 bits per heavy atom. The number of H-pyrrole nitrogens is 1. The number of aromatic amines is 1. The summed E-state index contributed by atoms with van der Waals surface area (Å²) in [5, 5.41) is 1.17. The lowest BCUT2D eigenvalue weighted by atomic mass is 9.95. The van der Waals surface area contributed by atoms with E-state index in [1.807, 2.05) is 6.07 Å². The van der Waals surface area contributed by atoms with E-state index in [0.29, 0.717) is 0 Å². The largest absolute Gasteiger partial charge is 0.497 e. The van der Waals surface area contributed by atoms with E-state index in [9.17, 15) is 4.79 Å². The Bertz CT molecular complexity index is 1140. The molecular formula is C22H20BrN3O2. The van der Waals surface area contributed by atoms with Crippen LogP contribution in [-0.2, 0) is 17.6 Å². The molecule has 2 atom stereocenters. The Morgan fingerprint density at radius 1 is 1.18 bits per heavy atom. The Kier molecular flexibility index (Phi) is 3.47. The number of carbonyl (C=O) groups is 1. The van der Waals surface area contributed by atoms with E-state index in [-0.39, 0.29) is 18.1 Å². The number of nitrogens with zero attached hydrogens (tertiary/aromatic N) is 2. The predicted molar refractivity (Wildman–Crippen MR) is 110 cm³/mol. The van der Waals surface area contributed by atoms with Crippen LogP contribution in [0.1, 0.15) is 34.6 Å². The number of hydrogen-bond acceptors (Lipinski definition) is 3. The molecule has 6 rings (SSSR count). The summed E-state index contributed by atoms with van der Waals surface area (Å²) in [7, 11) is 1.69. The molecule has 5 nitrogen and oxygen atoms in total. The van der Waals surface area contributed by atoms with E-state index in [1.165, 1.54) is 22.1 Å². The van der Waals surface area contributed by atoms with E-state index >= 15 is 0 Å². The summed E-state index contributed by atoms with van der Waals surface area (Å²) >= 11 is 3.74. The molecule has 6 heteroatoms. The molecule has 4 heterocycles. The molecule has 1 saturated heterocycles. The first kappa shape index (κ1) is 16.6. The second-order valence-electron chi connectivity index (χ2n) is 7.79. The average molecular weight is 438 g/mol. The highest BCUT2D eigenvalue weighted by molar-refractivity contribution is 9.10. The Morgan fingerprint density at radius 2 is 2.07 bits per heavy atom. The molecule has 0 saturated carbocycles. The standard InChI is InChI=1S/C22H20BrN3O2/c1-28-13-5-6-17-15(11-13)14-8-10-25-20(19(14)24-17)22(27)26-9-7-12-3-2-4-16(23)18(12)21(25)26/h2-6,11,20-21,24H,7-10H2,1H3. The van der Waals surface area contributed by atoms with Crippen molar-refractivity contribution in [3.05, 3.63) is 63.3 Å². The topological polar surface area (TPSA) is 48.6 Å². The minimum Gasteiger partial charge on any atom is -0.497 e. The predicted octanol–water partition coefficient (Wildman–Crippen LogP) is 3.94. The first-order chi connectivity index (χ1) is 13.7. The number of aromatic nitrogens is 1. The fourth-order valence-corrected chi connectivity index (χ4v) is 5.89. The van der Waals surface area contributed by atoms with Crippen molar-refractivity contribution in [3.8, 4) is 5.75 Å². The van der Waals surface area contributed by atoms with Crippen LogP contribution < -0.4 is 4.74 Å². The molecule has 28 heavy (non-hydrogen) atoms. The summed E-state index contributed by atoms with van der Waals surface area (Å²) in [5.74, 6) is 1.07. The van der Waals surface area contributed by atoms with Gasteiger partial charge in [-0.05, 0) is 48.2 Å². The zero-order valence-electron chi connectivity index (χ0n) is 15.5. The first-order valence-electron chi connectivity index (χ1n) is 9.69. The van der Waals surface area contributed by atoms with E-state index in [1.54, 1.807) is 7.11 Å². The van der Waals surface area contributed by atoms with Crippen LogP contribution >= 0.6 is 15.9 Å². The van der Waals surface area contributed by atoms with Crippen LogP contribution in [0.25, 0.3) is 10.9 Å². The fourth-order valence-electron chi connectivity index (χ4n) is 5.28. The Balaban J connectivity index is 1.51. The smallest absolute Gasteiger partial charge is 0.247 e. The monoisotopic (exact) mass is 437 g/mol. The van der Waals surface area contributed by atoms with Gasteiger partial charge in [0, 0.05) is 39.7 Å². The van der Waals surface area contributed by atoms with Crippen LogP contribution in [0.4, 0.5) is 0 Å². The van der Waals surface area contributed by atoms with Gasteiger partial charge in [-0.3, -0.25) is 9.69 Å². The summed E-state index contributed by atoms with van der Waals surface area (Å²) < 4.78 is 6.51. The highest BCUT2D eigenvalue weighted by atomic mass is 79.9. The minimum absolute atomic E-state index is 0.0194. The van der Waals surface area contributed by atoms with Gasteiger partial charge in [0.15, 0.2) is 0 Å². The Labute approximate surface area is 171 Å². The minimum atomic E-state index is -0.231. The van der Waals surface area contributed by atoms with Crippen molar-refractivity contribution in [1.82, 2.24) is 14.8 Å². The number of halogens is 1. The zero-order chi connectivity index (χ0) is 19.0. The van der Waals surface area contributed by atoms with Crippen molar-refractivity contribution in [1.29, 1.82) is 0 Å². The number of methoxy groups -OCH3 is 1. The highest BCUT2D eigenvalue weighted by Crippen LogP contribution is 2.50. The van der Waals surface area contributed by atoms with Gasteiger partial charge in [-0.15, -0.1) is 0 Å². The number of ether oxygens (including phenoxy) is 1. The van der Waals surface area contributed by atoms with Crippen LogP contribution in [0.2, 0.25) is 0 Å². The Hall–Kier alpha value is -2.31.